The van der Waals surface area contributed by atoms with E-state index in [1.165, 1.54) is 47.9 Å². The maximum absolute atomic E-state index is 13.1. The molecule has 2 aliphatic carbocycles. The van der Waals surface area contributed by atoms with Crippen molar-refractivity contribution in [2.24, 2.45) is 5.92 Å². The van der Waals surface area contributed by atoms with Crippen molar-refractivity contribution >= 4 is 27.9 Å². The van der Waals surface area contributed by atoms with Crippen LogP contribution < -0.4 is 5.32 Å². The summed E-state index contributed by atoms with van der Waals surface area (Å²) in [5, 5.41) is 5.47. The molecule has 2 nitrogen and oxygen atoms in total. The molecule has 0 saturated heterocycles. The highest BCUT2D eigenvalue weighted by Gasteiger charge is 2.19. The Morgan fingerprint density at radius 1 is 1.00 bits per heavy atom. The third kappa shape index (κ3) is 4.34. The molecule has 1 amide bonds. The lowest BCUT2D eigenvalue weighted by Gasteiger charge is -2.25. The lowest BCUT2D eigenvalue weighted by atomic mass is 9.81. The number of benzene rings is 3. The van der Waals surface area contributed by atoms with Gasteiger partial charge in [0.15, 0.2) is 0 Å². The Labute approximate surface area is 184 Å². The molecule has 0 unspecified atom stereocenters. The quantitative estimate of drug-likeness (QED) is 0.451. The average Bonchev–Trinajstić information content (AvgIpc) is 3.28. The minimum absolute atomic E-state index is 0.0407. The van der Waals surface area contributed by atoms with Crippen LogP contribution in [-0.2, 0) is 6.42 Å². The zero-order valence-corrected chi connectivity index (χ0v) is 18.2. The van der Waals surface area contributed by atoms with Crippen LogP contribution in [0, 0.1) is 12.8 Å². The largest absolute Gasteiger partial charge is 0.322 e. The van der Waals surface area contributed by atoms with Crippen molar-refractivity contribution in [1.29, 1.82) is 0 Å². The maximum atomic E-state index is 13.1. The molecule has 1 saturated carbocycles. The number of nitrogens with one attached hydrogen (secondary N) is 1. The summed E-state index contributed by atoms with van der Waals surface area (Å²) >= 11 is 0. The van der Waals surface area contributed by atoms with Crippen LogP contribution >= 0.6 is 0 Å². The SMILES string of the molecule is Cc1ccc2ccc(C(=O)Nc3ccc(C4=CCC=C4)cc3CCC3CCC3)cc2c1. The summed E-state index contributed by atoms with van der Waals surface area (Å²) in [6.07, 6.45) is 14.0. The molecule has 0 atom stereocenters. The molecule has 0 bridgehead atoms. The van der Waals surface area contributed by atoms with E-state index in [1.54, 1.807) is 0 Å². The first-order valence-corrected chi connectivity index (χ1v) is 11.5. The molecule has 0 radical (unpaired) electrons. The fourth-order valence-corrected chi connectivity index (χ4v) is 4.62. The number of allylic oxidation sites excluding steroid dienone is 4. The Bertz CT molecular complexity index is 1200. The van der Waals surface area contributed by atoms with E-state index in [4.69, 9.17) is 0 Å². The molecular weight excluding hydrogens is 378 g/mol. The normalized spacial score (nSPS) is 15.7. The molecule has 0 heterocycles. The van der Waals surface area contributed by atoms with Gasteiger partial charge in [-0.15, -0.1) is 0 Å². The van der Waals surface area contributed by atoms with Gasteiger partial charge in [-0.05, 0) is 83.8 Å². The van der Waals surface area contributed by atoms with Crippen LogP contribution in [-0.4, -0.2) is 5.91 Å². The molecule has 156 valence electrons. The number of amides is 1. The Morgan fingerprint density at radius 2 is 1.87 bits per heavy atom. The number of rotatable bonds is 6. The van der Waals surface area contributed by atoms with Crippen LogP contribution in [0.15, 0.2) is 72.8 Å². The number of carbonyl (C=O) groups excluding carboxylic acids is 1. The van der Waals surface area contributed by atoms with Crippen LogP contribution in [0.3, 0.4) is 0 Å². The van der Waals surface area contributed by atoms with Crippen molar-refractivity contribution in [3.63, 3.8) is 0 Å². The maximum Gasteiger partial charge on any atom is 0.255 e. The topological polar surface area (TPSA) is 29.1 Å². The zero-order chi connectivity index (χ0) is 21.2. The highest BCUT2D eigenvalue weighted by atomic mass is 16.1. The molecule has 31 heavy (non-hydrogen) atoms. The first kappa shape index (κ1) is 19.8. The Balaban J connectivity index is 1.41. The Morgan fingerprint density at radius 3 is 2.65 bits per heavy atom. The van der Waals surface area contributed by atoms with Gasteiger partial charge < -0.3 is 5.32 Å². The lowest BCUT2D eigenvalue weighted by molar-refractivity contribution is 0.102. The van der Waals surface area contributed by atoms with Gasteiger partial charge in [0.1, 0.15) is 0 Å². The first-order chi connectivity index (χ1) is 15.2. The minimum Gasteiger partial charge on any atom is -0.322 e. The fraction of sp³-hybridized carbons (Fsp3) is 0.276. The van der Waals surface area contributed by atoms with E-state index in [-0.39, 0.29) is 5.91 Å². The zero-order valence-electron chi connectivity index (χ0n) is 18.2. The van der Waals surface area contributed by atoms with Crippen LogP contribution in [0.4, 0.5) is 5.69 Å². The molecule has 3 aromatic rings. The van der Waals surface area contributed by atoms with Gasteiger partial charge >= 0.3 is 0 Å². The van der Waals surface area contributed by atoms with Gasteiger partial charge in [0.25, 0.3) is 5.91 Å². The molecule has 2 heteroatoms. The van der Waals surface area contributed by atoms with Gasteiger partial charge in [-0.3, -0.25) is 4.79 Å². The van der Waals surface area contributed by atoms with Gasteiger partial charge in [-0.1, -0.05) is 73.4 Å². The van der Waals surface area contributed by atoms with E-state index in [0.29, 0.717) is 5.56 Å². The van der Waals surface area contributed by atoms with Crippen LogP contribution in [0.25, 0.3) is 16.3 Å². The fourth-order valence-electron chi connectivity index (χ4n) is 4.62. The van der Waals surface area contributed by atoms with E-state index in [2.05, 4.69) is 66.9 Å². The second-order valence-corrected chi connectivity index (χ2v) is 9.02. The van der Waals surface area contributed by atoms with Gasteiger partial charge in [0.05, 0.1) is 0 Å². The summed E-state index contributed by atoms with van der Waals surface area (Å²) in [4.78, 5) is 13.1. The second-order valence-electron chi connectivity index (χ2n) is 9.02. The number of carbonyl (C=O) groups is 1. The minimum atomic E-state index is -0.0407. The number of hydrogen-bond acceptors (Lipinski definition) is 1. The molecule has 0 aliphatic heterocycles. The predicted octanol–water partition coefficient (Wildman–Crippen LogP) is 7.48. The van der Waals surface area contributed by atoms with E-state index in [1.807, 2.05) is 18.2 Å². The third-order valence-corrected chi connectivity index (χ3v) is 6.76. The number of hydrogen-bond donors (Lipinski definition) is 1. The van der Waals surface area contributed by atoms with Gasteiger partial charge in [-0.2, -0.15) is 0 Å². The molecule has 0 aromatic heterocycles. The highest BCUT2D eigenvalue weighted by molar-refractivity contribution is 6.07. The van der Waals surface area contributed by atoms with E-state index < -0.39 is 0 Å². The molecule has 1 N–H and O–H groups in total. The molecule has 5 rings (SSSR count). The Hall–Kier alpha value is -3.13. The summed E-state index contributed by atoms with van der Waals surface area (Å²) in [5.41, 5.74) is 6.63. The predicted molar refractivity (Wildman–Crippen MR) is 130 cm³/mol. The van der Waals surface area contributed by atoms with Crippen molar-refractivity contribution in [3.05, 3.63) is 95.1 Å². The summed E-state index contributed by atoms with van der Waals surface area (Å²) in [7, 11) is 0. The van der Waals surface area contributed by atoms with Crippen LogP contribution in [0.1, 0.15) is 59.2 Å². The van der Waals surface area contributed by atoms with E-state index in [9.17, 15) is 4.79 Å². The lowest BCUT2D eigenvalue weighted by Crippen LogP contribution is -2.15. The summed E-state index contributed by atoms with van der Waals surface area (Å²) in [6, 6.07) is 18.8. The van der Waals surface area contributed by atoms with Gasteiger partial charge in [0.2, 0.25) is 0 Å². The van der Waals surface area contributed by atoms with Crippen molar-refractivity contribution in [2.45, 2.75) is 45.4 Å². The van der Waals surface area contributed by atoms with Crippen LogP contribution in [0.2, 0.25) is 0 Å². The first-order valence-electron chi connectivity index (χ1n) is 11.5. The molecule has 0 spiro atoms. The van der Waals surface area contributed by atoms with Crippen molar-refractivity contribution < 1.29 is 4.79 Å². The summed E-state index contributed by atoms with van der Waals surface area (Å²) in [5.74, 6) is 0.808. The van der Waals surface area contributed by atoms with Crippen LogP contribution in [0.5, 0.6) is 0 Å². The average molecular weight is 408 g/mol. The summed E-state index contributed by atoms with van der Waals surface area (Å²) in [6.45, 7) is 2.08. The standard InChI is InChI=1S/C29H29NO/c1-20-9-11-23-13-14-26(19-27(23)17-20)29(31)30-28-16-15-24(22-7-2-3-8-22)18-25(28)12-10-21-5-4-6-21/h2,7-9,11,13-19,21H,3-6,10,12H2,1H3,(H,30,31). The van der Waals surface area contributed by atoms with Crippen molar-refractivity contribution in [1.82, 2.24) is 0 Å². The highest BCUT2D eigenvalue weighted by Crippen LogP contribution is 2.33. The van der Waals surface area contributed by atoms with Gasteiger partial charge in [0, 0.05) is 11.3 Å². The van der Waals surface area contributed by atoms with Crippen molar-refractivity contribution in [3.8, 4) is 0 Å². The molecule has 3 aromatic carbocycles. The van der Waals surface area contributed by atoms with Crippen molar-refractivity contribution in [2.75, 3.05) is 5.32 Å². The van der Waals surface area contributed by atoms with Gasteiger partial charge in [-0.25, -0.2) is 0 Å². The Kier molecular flexibility index (Phi) is 5.46. The van der Waals surface area contributed by atoms with E-state index in [0.717, 1.165) is 35.2 Å². The number of fused-ring (bicyclic) bond motifs is 1. The number of aryl methyl sites for hydroxylation is 2. The molecule has 1 fully saturated rings. The second kappa shape index (κ2) is 8.55. The third-order valence-electron chi connectivity index (χ3n) is 6.76. The molecular formula is C29H29NO. The molecule has 2 aliphatic rings. The smallest absolute Gasteiger partial charge is 0.255 e. The number of anilines is 1. The summed E-state index contributed by atoms with van der Waals surface area (Å²) < 4.78 is 0. The monoisotopic (exact) mass is 407 g/mol. The van der Waals surface area contributed by atoms with E-state index >= 15 is 0 Å².